The molecule has 0 aliphatic heterocycles. The van der Waals surface area contributed by atoms with E-state index in [1.165, 1.54) is 48.6 Å². The SMILES string of the molecule is Cc1cc(CCNC(=O)[C@H](Cc2ccc(O)c(O)c2)NC(=O)/C=C/c2ccc(O)c(O)c2)ccc1O. The Hall–Kier alpha value is -4.66. The summed E-state index contributed by atoms with van der Waals surface area (Å²) >= 11 is 0. The van der Waals surface area contributed by atoms with Gasteiger partial charge in [-0.15, -0.1) is 0 Å². The maximum absolute atomic E-state index is 12.9. The van der Waals surface area contributed by atoms with Crippen LogP contribution in [0.1, 0.15) is 22.3 Å². The number of hydrogen-bond acceptors (Lipinski definition) is 7. The molecular formula is C27H28N2O7. The molecule has 0 unspecified atom stereocenters. The lowest BCUT2D eigenvalue weighted by Crippen LogP contribution is -2.48. The van der Waals surface area contributed by atoms with Gasteiger partial charge >= 0.3 is 0 Å². The van der Waals surface area contributed by atoms with Crippen molar-refractivity contribution in [2.75, 3.05) is 6.54 Å². The number of hydrogen-bond donors (Lipinski definition) is 7. The van der Waals surface area contributed by atoms with E-state index in [9.17, 15) is 35.1 Å². The molecule has 2 amide bonds. The van der Waals surface area contributed by atoms with Crippen molar-refractivity contribution in [3.8, 4) is 28.7 Å². The minimum Gasteiger partial charge on any atom is -0.508 e. The molecule has 3 aromatic carbocycles. The van der Waals surface area contributed by atoms with Crippen LogP contribution in [0.5, 0.6) is 28.7 Å². The minimum atomic E-state index is -0.985. The van der Waals surface area contributed by atoms with Crippen LogP contribution in [0.2, 0.25) is 0 Å². The van der Waals surface area contributed by atoms with Crippen LogP contribution in [-0.2, 0) is 22.4 Å². The highest BCUT2D eigenvalue weighted by atomic mass is 16.3. The van der Waals surface area contributed by atoms with Crippen LogP contribution in [0.25, 0.3) is 6.08 Å². The normalized spacial score (nSPS) is 11.8. The van der Waals surface area contributed by atoms with Crippen molar-refractivity contribution >= 4 is 17.9 Å². The van der Waals surface area contributed by atoms with E-state index < -0.39 is 17.9 Å². The zero-order valence-electron chi connectivity index (χ0n) is 19.6. The Morgan fingerprint density at radius 3 is 2.11 bits per heavy atom. The molecule has 0 radical (unpaired) electrons. The van der Waals surface area contributed by atoms with E-state index >= 15 is 0 Å². The van der Waals surface area contributed by atoms with E-state index in [-0.39, 0.29) is 35.2 Å². The van der Waals surface area contributed by atoms with Gasteiger partial charge in [-0.25, -0.2) is 0 Å². The molecule has 1 atom stereocenters. The van der Waals surface area contributed by atoms with Gasteiger partial charge in [0.05, 0.1) is 0 Å². The smallest absolute Gasteiger partial charge is 0.244 e. The molecule has 9 nitrogen and oxygen atoms in total. The van der Waals surface area contributed by atoms with Crippen LogP contribution in [0.4, 0.5) is 0 Å². The van der Waals surface area contributed by atoms with Crippen molar-refractivity contribution in [3.63, 3.8) is 0 Å². The Morgan fingerprint density at radius 1 is 0.806 bits per heavy atom. The van der Waals surface area contributed by atoms with Crippen LogP contribution in [0.3, 0.4) is 0 Å². The number of amides is 2. The highest BCUT2D eigenvalue weighted by molar-refractivity contribution is 5.95. The van der Waals surface area contributed by atoms with E-state index in [0.29, 0.717) is 24.1 Å². The highest BCUT2D eigenvalue weighted by Crippen LogP contribution is 2.26. The van der Waals surface area contributed by atoms with Crippen molar-refractivity contribution in [3.05, 3.63) is 82.9 Å². The Kier molecular flexibility index (Phi) is 8.40. The lowest BCUT2D eigenvalue weighted by Gasteiger charge is -2.18. The zero-order chi connectivity index (χ0) is 26.2. The number of phenolic OH excluding ortho intramolecular Hbond substituents is 5. The largest absolute Gasteiger partial charge is 0.508 e. The second-order valence-electron chi connectivity index (χ2n) is 8.33. The van der Waals surface area contributed by atoms with Gasteiger partial charge in [0.1, 0.15) is 11.8 Å². The van der Waals surface area contributed by atoms with E-state index in [2.05, 4.69) is 10.6 Å². The topological polar surface area (TPSA) is 159 Å². The Morgan fingerprint density at radius 2 is 1.44 bits per heavy atom. The van der Waals surface area contributed by atoms with Gasteiger partial charge in [-0.1, -0.05) is 24.3 Å². The van der Waals surface area contributed by atoms with Gasteiger partial charge in [-0.3, -0.25) is 9.59 Å². The van der Waals surface area contributed by atoms with Crippen molar-refractivity contribution in [1.29, 1.82) is 0 Å². The third-order valence-corrected chi connectivity index (χ3v) is 5.51. The van der Waals surface area contributed by atoms with E-state index in [4.69, 9.17) is 0 Å². The highest BCUT2D eigenvalue weighted by Gasteiger charge is 2.21. The Balaban J connectivity index is 1.68. The summed E-state index contributed by atoms with van der Waals surface area (Å²) in [7, 11) is 0. The van der Waals surface area contributed by atoms with E-state index in [0.717, 1.165) is 11.1 Å². The molecule has 0 heterocycles. The first-order chi connectivity index (χ1) is 17.1. The Bertz CT molecular complexity index is 1290. The van der Waals surface area contributed by atoms with Crippen molar-refractivity contribution in [1.82, 2.24) is 10.6 Å². The fraction of sp³-hybridized carbons (Fsp3) is 0.185. The second kappa shape index (κ2) is 11.7. The van der Waals surface area contributed by atoms with Gasteiger partial charge in [0.2, 0.25) is 11.8 Å². The summed E-state index contributed by atoms with van der Waals surface area (Å²) in [5.74, 6) is -2.07. The van der Waals surface area contributed by atoms with Gasteiger partial charge < -0.3 is 36.2 Å². The van der Waals surface area contributed by atoms with Crippen LogP contribution in [0, 0.1) is 6.92 Å². The number of phenols is 5. The van der Waals surface area contributed by atoms with Gasteiger partial charge in [-0.05, 0) is 72.0 Å². The van der Waals surface area contributed by atoms with Crippen molar-refractivity contribution < 1.29 is 35.1 Å². The first-order valence-electron chi connectivity index (χ1n) is 11.2. The number of nitrogens with one attached hydrogen (secondary N) is 2. The monoisotopic (exact) mass is 492 g/mol. The van der Waals surface area contributed by atoms with Crippen LogP contribution < -0.4 is 10.6 Å². The molecule has 0 fully saturated rings. The maximum Gasteiger partial charge on any atom is 0.244 e. The molecule has 0 saturated heterocycles. The summed E-state index contributed by atoms with van der Waals surface area (Å²) in [6.07, 6.45) is 3.18. The lowest BCUT2D eigenvalue weighted by molar-refractivity contribution is -0.127. The predicted molar refractivity (Wildman–Crippen MR) is 134 cm³/mol. The lowest BCUT2D eigenvalue weighted by atomic mass is 10.0. The van der Waals surface area contributed by atoms with Crippen LogP contribution in [0.15, 0.2) is 60.7 Å². The molecule has 0 saturated carbocycles. The molecule has 0 aliphatic rings. The standard InChI is InChI=1S/C27H28N2O7/c1-16-12-18(2-6-21(16)30)10-11-28-27(36)20(13-19-4-8-23(32)25(34)15-19)29-26(35)9-5-17-3-7-22(31)24(33)14-17/h2-9,12,14-15,20,30-34H,10-11,13H2,1H3,(H,28,36)(H,29,35)/b9-5+/t20-/m0/s1. The average Bonchev–Trinajstić information content (AvgIpc) is 2.84. The first kappa shape index (κ1) is 26.0. The summed E-state index contributed by atoms with van der Waals surface area (Å²) in [5, 5.41) is 53.4. The molecule has 0 aromatic heterocycles. The fourth-order valence-electron chi connectivity index (χ4n) is 3.50. The molecular weight excluding hydrogens is 464 g/mol. The number of carbonyl (C=O) groups is 2. The number of carbonyl (C=O) groups excluding carboxylic acids is 2. The summed E-state index contributed by atoms with van der Waals surface area (Å²) in [6, 6.07) is 12.4. The third kappa shape index (κ3) is 7.17. The summed E-state index contributed by atoms with van der Waals surface area (Å²) in [5.41, 5.74) is 2.64. The predicted octanol–water partition coefficient (Wildman–Crippen LogP) is 2.62. The van der Waals surface area contributed by atoms with Crippen molar-refractivity contribution in [2.24, 2.45) is 0 Å². The van der Waals surface area contributed by atoms with E-state index in [1.807, 2.05) is 6.07 Å². The number of aromatic hydroxyl groups is 5. The first-order valence-corrected chi connectivity index (χ1v) is 11.2. The second-order valence-corrected chi connectivity index (χ2v) is 8.33. The molecule has 9 heteroatoms. The van der Waals surface area contributed by atoms with Gasteiger partial charge in [0.25, 0.3) is 0 Å². The van der Waals surface area contributed by atoms with Gasteiger partial charge in [0, 0.05) is 19.0 Å². The average molecular weight is 493 g/mol. The molecule has 0 bridgehead atoms. The summed E-state index contributed by atoms with van der Waals surface area (Å²) in [6.45, 7) is 2.07. The molecule has 7 N–H and O–H groups in total. The van der Waals surface area contributed by atoms with Crippen LogP contribution in [-0.4, -0.2) is 49.9 Å². The molecule has 3 aromatic rings. The van der Waals surface area contributed by atoms with Crippen LogP contribution >= 0.6 is 0 Å². The van der Waals surface area contributed by atoms with Crippen molar-refractivity contribution in [2.45, 2.75) is 25.8 Å². The van der Waals surface area contributed by atoms with E-state index in [1.54, 1.807) is 19.1 Å². The minimum absolute atomic E-state index is 0.0531. The quantitative estimate of drug-likeness (QED) is 0.179. The molecule has 0 spiro atoms. The third-order valence-electron chi connectivity index (χ3n) is 5.51. The molecule has 36 heavy (non-hydrogen) atoms. The maximum atomic E-state index is 12.9. The molecule has 3 rings (SSSR count). The molecule has 0 aliphatic carbocycles. The molecule has 188 valence electrons. The fourth-order valence-corrected chi connectivity index (χ4v) is 3.50. The summed E-state index contributed by atoms with van der Waals surface area (Å²) in [4.78, 5) is 25.5. The van der Waals surface area contributed by atoms with Gasteiger partial charge in [0.15, 0.2) is 23.0 Å². The number of rotatable bonds is 9. The number of benzene rings is 3. The van der Waals surface area contributed by atoms with Gasteiger partial charge in [-0.2, -0.15) is 0 Å². The number of aryl methyl sites for hydroxylation is 1. The summed E-state index contributed by atoms with van der Waals surface area (Å²) < 4.78 is 0. The zero-order valence-corrected chi connectivity index (χ0v) is 19.6. The Labute approximate surface area is 208 Å².